The summed E-state index contributed by atoms with van der Waals surface area (Å²) in [6, 6.07) is 3.69. The molecule has 4 nitrogen and oxygen atoms in total. The van der Waals surface area contributed by atoms with Gasteiger partial charge in [0, 0.05) is 11.8 Å². The summed E-state index contributed by atoms with van der Waals surface area (Å²) in [6.45, 7) is 0.222. The van der Waals surface area contributed by atoms with Gasteiger partial charge in [-0.1, -0.05) is 11.6 Å². The molecule has 2 heterocycles. The Balaban J connectivity index is 2.12. The topological polar surface area (TPSA) is 44.2 Å². The summed E-state index contributed by atoms with van der Waals surface area (Å²) in [4.78, 5) is 8.42. The van der Waals surface area contributed by atoms with E-state index in [1.54, 1.807) is 6.20 Å². The quantitative estimate of drug-likeness (QED) is 0.687. The molecule has 7 heteroatoms. The fourth-order valence-corrected chi connectivity index (χ4v) is 2.46. The molecular formula is C11H5Br2ClN2O2. The minimum absolute atomic E-state index is 0.222. The average molecular weight is 392 g/mol. The Hall–Kier alpha value is -0.850. The molecule has 1 aliphatic heterocycles. The molecule has 2 aromatic rings. The highest BCUT2D eigenvalue weighted by Crippen LogP contribution is 2.42. The Bertz CT molecular complexity index is 637. The largest absolute Gasteiger partial charge is 0.454 e. The van der Waals surface area contributed by atoms with Crippen molar-refractivity contribution in [1.29, 1.82) is 0 Å². The van der Waals surface area contributed by atoms with Crippen LogP contribution in [0.15, 0.2) is 27.3 Å². The number of fused-ring (bicyclic) bond motifs is 1. The molecule has 1 aromatic carbocycles. The maximum atomic E-state index is 5.96. The third-order valence-corrected chi connectivity index (χ3v) is 4.07. The maximum absolute atomic E-state index is 5.96. The van der Waals surface area contributed by atoms with Crippen LogP contribution >= 0.6 is 43.5 Å². The lowest BCUT2D eigenvalue weighted by Crippen LogP contribution is -1.93. The second-order valence-corrected chi connectivity index (χ2v) is 5.59. The van der Waals surface area contributed by atoms with E-state index in [2.05, 4.69) is 41.8 Å². The van der Waals surface area contributed by atoms with Crippen LogP contribution < -0.4 is 9.47 Å². The number of benzene rings is 1. The van der Waals surface area contributed by atoms with Gasteiger partial charge in [-0.05, 0) is 44.0 Å². The second-order valence-electron chi connectivity index (χ2n) is 3.52. The minimum Gasteiger partial charge on any atom is -0.454 e. The summed E-state index contributed by atoms with van der Waals surface area (Å²) < 4.78 is 12.1. The number of nitrogens with zero attached hydrogens (tertiary/aromatic N) is 2. The molecule has 3 rings (SSSR count). The first-order valence-corrected chi connectivity index (χ1v) is 6.89. The minimum atomic E-state index is 0.222. The van der Waals surface area contributed by atoms with E-state index in [1.165, 1.54) is 0 Å². The highest BCUT2D eigenvalue weighted by atomic mass is 79.9. The van der Waals surface area contributed by atoms with Gasteiger partial charge >= 0.3 is 0 Å². The van der Waals surface area contributed by atoms with Crippen LogP contribution in [0.4, 0.5) is 0 Å². The van der Waals surface area contributed by atoms with Gasteiger partial charge in [-0.3, -0.25) is 0 Å². The lowest BCUT2D eigenvalue weighted by atomic mass is 10.2. The fourth-order valence-electron chi connectivity index (χ4n) is 1.58. The van der Waals surface area contributed by atoms with Crippen LogP contribution in [0.3, 0.4) is 0 Å². The van der Waals surface area contributed by atoms with Gasteiger partial charge in [-0.25, -0.2) is 9.97 Å². The smallest absolute Gasteiger partial charge is 0.231 e. The van der Waals surface area contributed by atoms with E-state index < -0.39 is 0 Å². The molecule has 0 spiro atoms. The van der Waals surface area contributed by atoms with Crippen molar-refractivity contribution < 1.29 is 9.47 Å². The molecule has 0 unspecified atom stereocenters. The van der Waals surface area contributed by atoms with Gasteiger partial charge in [0.2, 0.25) is 6.79 Å². The van der Waals surface area contributed by atoms with Crippen LogP contribution in [0.5, 0.6) is 11.5 Å². The molecule has 0 amide bonds. The molecule has 0 aliphatic carbocycles. The van der Waals surface area contributed by atoms with Gasteiger partial charge in [0.25, 0.3) is 0 Å². The summed E-state index contributed by atoms with van der Waals surface area (Å²) >= 11 is 12.6. The molecule has 18 heavy (non-hydrogen) atoms. The van der Waals surface area contributed by atoms with Crippen molar-refractivity contribution in [3.63, 3.8) is 0 Å². The number of hydrogen-bond acceptors (Lipinski definition) is 4. The summed E-state index contributed by atoms with van der Waals surface area (Å²) in [7, 11) is 0. The Morgan fingerprint density at radius 2 is 2.00 bits per heavy atom. The number of rotatable bonds is 1. The summed E-state index contributed by atoms with van der Waals surface area (Å²) in [5.41, 5.74) is 0.806. The molecule has 92 valence electrons. The van der Waals surface area contributed by atoms with Crippen LogP contribution in [0, 0.1) is 0 Å². The van der Waals surface area contributed by atoms with Gasteiger partial charge in [0.05, 0.1) is 8.95 Å². The normalized spacial score (nSPS) is 12.8. The Kier molecular flexibility index (Phi) is 3.17. The van der Waals surface area contributed by atoms with Gasteiger partial charge in [-0.2, -0.15) is 0 Å². The lowest BCUT2D eigenvalue weighted by molar-refractivity contribution is 0.173. The van der Waals surface area contributed by atoms with Gasteiger partial charge < -0.3 is 9.47 Å². The summed E-state index contributed by atoms with van der Waals surface area (Å²) in [6.07, 6.45) is 1.61. The molecule has 1 aromatic heterocycles. The molecule has 0 radical (unpaired) electrons. The molecular weight excluding hydrogens is 387 g/mol. The number of hydrogen-bond donors (Lipinski definition) is 0. The van der Waals surface area contributed by atoms with E-state index in [4.69, 9.17) is 21.1 Å². The van der Waals surface area contributed by atoms with Crippen molar-refractivity contribution in [2.24, 2.45) is 0 Å². The van der Waals surface area contributed by atoms with Crippen molar-refractivity contribution in [3.05, 3.63) is 32.4 Å². The Morgan fingerprint density at radius 1 is 1.17 bits per heavy atom. The van der Waals surface area contributed by atoms with Crippen molar-refractivity contribution >= 4 is 43.5 Å². The standard InChI is InChI=1S/C11H5Br2ClN2O2/c12-6-1-5(2-8-9(6)18-4-17-8)11-15-3-7(13)10(14)16-11/h1-3H,4H2. The summed E-state index contributed by atoms with van der Waals surface area (Å²) in [5.74, 6) is 1.89. The predicted octanol–water partition coefficient (Wildman–Crippen LogP) is 4.05. The van der Waals surface area contributed by atoms with Gasteiger partial charge in [-0.15, -0.1) is 0 Å². The van der Waals surface area contributed by atoms with E-state index in [1.807, 2.05) is 12.1 Å². The van der Waals surface area contributed by atoms with Crippen LogP contribution in [-0.4, -0.2) is 16.8 Å². The van der Waals surface area contributed by atoms with Crippen molar-refractivity contribution in [2.75, 3.05) is 6.79 Å². The van der Waals surface area contributed by atoms with E-state index >= 15 is 0 Å². The van der Waals surface area contributed by atoms with Gasteiger partial charge in [0.15, 0.2) is 17.3 Å². The highest BCUT2D eigenvalue weighted by molar-refractivity contribution is 9.10. The SMILES string of the molecule is Clc1nc(-c2cc(Br)c3c(c2)OCO3)ncc1Br. The number of halogens is 3. The average Bonchev–Trinajstić information content (AvgIpc) is 2.81. The third-order valence-electron chi connectivity index (χ3n) is 2.39. The van der Waals surface area contributed by atoms with Crippen molar-refractivity contribution in [1.82, 2.24) is 9.97 Å². The molecule has 0 N–H and O–H groups in total. The molecule has 0 fully saturated rings. The lowest BCUT2D eigenvalue weighted by Gasteiger charge is -2.05. The van der Waals surface area contributed by atoms with E-state index in [9.17, 15) is 0 Å². The third kappa shape index (κ3) is 2.08. The van der Waals surface area contributed by atoms with E-state index in [0.29, 0.717) is 26.9 Å². The zero-order chi connectivity index (χ0) is 12.7. The summed E-state index contributed by atoms with van der Waals surface area (Å²) in [5, 5.41) is 0.369. The highest BCUT2D eigenvalue weighted by Gasteiger charge is 2.19. The van der Waals surface area contributed by atoms with Crippen LogP contribution in [-0.2, 0) is 0 Å². The van der Waals surface area contributed by atoms with Crippen molar-refractivity contribution in [3.8, 4) is 22.9 Å². The van der Waals surface area contributed by atoms with E-state index in [0.717, 1.165) is 10.0 Å². The Morgan fingerprint density at radius 3 is 2.78 bits per heavy atom. The second kappa shape index (κ2) is 4.68. The van der Waals surface area contributed by atoms with Crippen molar-refractivity contribution in [2.45, 2.75) is 0 Å². The molecule has 0 bridgehead atoms. The molecule has 1 aliphatic rings. The first kappa shape index (κ1) is 12.2. The first-order chi connectivity index (χ1) is 8.65. The van der Waals surface area contributed by atoms with Crippen LogP contribution in [0.2, 0.25) is 5.15 Å². The zero-order valence-corrected chi connectivity index (χ0v) is 12.7. The number of aromatic nitrogens is 2. The molecule has 0 atom stereocenters. The van der Waals surface area contributed by atoms with Crippen LogP contribution in [0.25, 0.3) is 11.4 Å². The first-order valence-electron chi connectivity index (χ1n) is 4.92. The van der Waals surface area contributed by atoms with E-state index in [-0.39, 0.29) is 6.79 Å². The zero-order valence-electron chi connectivity index (χ0n) is 8.78. The predicted molar refractivity (Wildman–Crippen MR) is 74.0 cm³/mol. The van der Waals surface area contributed by atoms with Crippen LogP contribution in [0.1, 0.15) is 0 Å². The molecule has 0 saturated carbocycles. The Labute approximate surface area is 125 Å². The van der Waals surface area contributed by atoms with Gasteiger partial charge in [0.1, 0.15) is 5.15 Å². The maximum Gasteiger partial charge on any atom is 0.231 e. The monoisotopic (exact) mass is 390 g/mol. The number of ether oxygens (including phenoxy) is 2. The molecule has 0 saturated heterocycles. The fraction of sp³-hybridized carbons (Fsp3) is 0.0909.